The molecule has 0 amide bonds. The van der Waals surface area contributed by atoms with E-state index in [1.807, 2.05) is 0 Å². The molecular weight excluding hydrogens is 596 g/mol. The molecule has 2 atom stereocenters. The Hall–Kier alpha value is -1.46. The van der Waals surface area contributed by atoms with Crippen LogP contribution < -0.4 is 10.4 Å². The summed E-state index contributed by atoms with van der Waals surface area (Å²) in [5, 5.41) is 3.28. The fraction of sp³-hybridized carbons (Fsp3) is 0.571. The van der Waals surface area contributed by atoms with Crippen molar-refractivity contribution in [1.29, 1.82) is 0 Å². The van der Waals surface area contributed by atoms with Gasteiger partial charge in [0.1, 0.15) is 0 Å². The maximum absolute atomic E-state index is 2.65. The molecule has 0 nitrogen and oxygen atoms in total. The second-order valence-electron chi connectivity index (χ2n) is 18.4. The molecule has 43 heavy (non-hydrogen) atoms. The van der Waals surface area contributed by atoms with E-state index in [1.165, 1.54) is 24.0 Å². The third-order valence-electron chi connectivity index (χ3n) is 11.8. The van der Waals surface area contributed by atoms with Crippen molar-refractivity contribution in [1.82, 2.24) is 0 Å². The molecule has 2 unspecified atom stereocenters. The van der Waals surface area contributed by atoms with Crippen LogP contribution in [0.5, 0.6) is 0 Å². The standard InChI is InChI=1S/C42H55.Zr/c1-24(2)32-21-26-20-30-34(33(26)35(42(32,13)14)29-22-27(19-25(29)3)38(4,5)6)31-23-39(7,8)16-15-28(31)36-37(30)41(11,12)18-17-40(36,9)10;/h15-16,19,21-22,25,35H,17-18,23H2,1-14H3;. The van der Waals surface area contributed by atoms with Gasteiger partial charge in [-0.2, -0.15) is 0 Å². The van der Waals surface area contributed by atoms with E-state index in [1.54, 1.807) is 83.0 Å². The fourth-order valence-electron chi connectivity index (χ4n) is 9.42. The Bertz CT molecular complexity index is 1740. The van der Waals surface area contributed by atoms with Gasteiger partial charge in [0.2, 0.25) is 0 Å². The van der Waals surface area contributed by atoms with E-state index in [4.69, 9.17) is 0 Å². The molecule has 5 aliphatic rings. The van der Waals surface area contributed by atoms with E-state index in [0.29, 0.717) is 11.8 Å². The molecule has 227 valence electrons. The van der Waals surface area contributed by atoms with Gasteiger partial charge in [0.15, 0.2) is 0 Å². The quantitative estimate of drug-likeness (QED) is 0.284. The average molecular weight is 651 g/mol. The number of benzene rings is 1. The van der Waals surface area contributed by atoms with Gasteiger partial charge in [-0.05, 0) is 0 Å². The first-order valence-electron chi connectivity index (χ1n) is 16.8. The van der Waals surface area contributed by atoms with Gasteiger partial charge >= 0.3 is 280 Å². The molecule has 1 aromatic carbocycles. The molecule has 0 aromatic heterocycles. The maximum atomic E-state index is 2.65. The Balaban J connectivity index is 1.86. The topological polar surface area (TPSA) is 0 Å². The van der Waals surface area contributed by atoms with Gasteiger partial charge in [-0.3, -0.25) is 0 Å². The second-order valence-corrected chi connectivity index (χ2v) is 19.6. The summed E-state index contributed by atoms with van der Waals surface area (Å²) in [6, 6.07) is 0. The van der Waals surface area contributed by atoms with Gasteiger partial charge in [-0.25, -0.2) is 0 Å². The van der Waals surface area contributed by atoms with Crippen LogP contribution >= 0.6 is 0 Å². The SMILES string of the molecule is CC(C)=C1C=C2C(=c3c4c(c5c(c3=[C]2[Zr])C(C)(C)CCC5(C)C)C=CC(C)(C)C4)C(C2=CC(C(C)(C)C)=CC2C)C1(C)C. The van der Waals surface area contributed by atoms with Crippen molar-refractivity contribution in [2.24, 2.45) is 28.1 Å². The van der Waals surface area contributed by atoms with Crippen molar-refractivity contribution >= 4 is 14.9 Å². The molecule has 0 radical (unpaired) electrons. The normalized spacial score (nSPS) is 27.6. The first-order chi connectivity index (χ1) is 19.6. The zero-order valence-electron chi connectivity index (χ0n) is 29.7. The van der Waals surface area contributed by atoms with Crippen LogP contribution in [0.3, 0.4) is 0 Å². The number of fused-ring (bicyclic) bond motifs is 7. The van der Waals surface area contributed by atoms with Crippen molar-refractivity contribution in [3.8, 4) is 0 Å². The Morgan fingerprint density at radius 1 is 0.860 bits per heavy atom. The van der Waals surface area contributed by atoms with Crippen LogP contribution in [0.4, 0.5) is 0 Å². The van der Waals surface area contributed by atoms with Crippen LogP contribution in [-0.4, -0.2) is 0 Å². The molecule has 0 aliphatic heterocycles. The van der Waals surface area contributed by atoms with Crippen molar-refractivity contribution in [2.45, 2.75) is 127 Å². The molecule has 6 rings (SSSR count). The Labute approximate surface area is 278 Å². The zero-order valence-corrected chi connectivity index (χ0v) is 32.1. The van der Waals surface area contributed by atoms with Gasteiger partial charge in [-0.15, -0.1) is 0 Å². The van der Waals surface area contributed by atoms with Crippen LogP contribution in [-0.2, 0) is 42.0 Å². The molecule has 1 heteroatoms. The second kappa shape index (κ2) is 9.53. The molecule has 0 bridgehead atoms. The summed E-state index contributed by atoms with van der Waals surface area (Å²) >= 11 is 1.56. The predicted octanol–water partition coefficient (Wildman–Crippen LogP) is 9.92. The molecule has 0 fully saturated rings. The van der Waals surface area contributed by atoms with Crippen LogP contribution in [0.25, 0.3) is 14.9 Å². The van der Waals surface area contributed by atoms with E-state index in [2.05, 4.69) is 127 Å². The van der Waals surface area contributed by atoms with Gasteiger partial charge in [0, 0.05) is 0 Å². The van der Waals surface area contributed by atoms with E-state index in [-0.39, 0.29) is 27.1 Å². The number of hydrogen-bond acceptors (Lipinski definition) is 0. The van der Waals surface area contributed by atoms with Crippen molar-refractivity contribution < 1.29 is 24.7 Å². The summed E-state index contributed by atoms with van der Waals surface area (Å²) in [5.41, 5.74) is 16.6. The zero-order chi connectivity index (χ0) is 31.8. The summed E-state index contributed by atoms with van der Waals surface area (Å²) < 4.78 is 1.61. The summed E-state index contributed by atoms with van der Waals surface area (Å²) in [6.45, 7) is 34.4. The van der Waals surface area contributed by atoms with Crippen LogP contribution in [0.2, 0.25) is 0 Å². The Morgan fingerprint density at radius 3 is 2.02 bits per heavy atom. The molecule has 0 saturated carbocycles. The fourth-order valence-corrected chi connectivity index (χ4v) is 10.5. The summed E-state index contributed by atoms with van der Waals surface area (Å²) in [5.74, 6) is 0.803. The van der Waals surface area contributed by atoms with Gasteiger partial charge in [-0.1, -0.05) is 0 Å². The van der Waals surface area contributed by atoms with Gasteiger partial charge < -0.3 is 0 Å². The van der Waals surface area contributed by atoms with Crippen LogP contribution in [0, 0.1) is 28.1 Å². The van der Waals surface area contributed by atoms with Crippen LogP contribution in [0.1, 0.15) is 132 Å². The van der Waals surface area contributed by atoms with Gasteiger partial charge in [0.05, 0.1) is 0 Å². The molecular formula is C42H55Zr. The summed E-state index contributed by atoms with van der Waals surface area (Å²) in [4.78, 5) is 0. The molecule has 0 saturated heterocycles. The first-order valence-corrected chi connectivity index (χ1v) is 18.1. The van der Waals surface area contributed by atoms with Gasteiger partial charge in [0.25, 0.3) is 0 Å². The van der Waals surface area contributed by atoms with Crippen molar-refractivity contribution in [3.05, 3.63) is 84.9 Å². The minimum absolute atomic E-state index is 0.00844. The van der Waals surface area contributed by atoms with E-state index < -0.39 is 0 Å². The summed E-state index contributed by atoms with van der Waals surface area (Å²) in [7, 11) is 0. The van der Waals surface area contributed by atoms with Crippen LogP contribution in [0.15, 0.2) is 52.2 Å². The third kappa shape index (κ3) is 4.59. The Kier molecular flexibility index (Phi) is 6.99. The molecule has 5 aliphatic carbocycles. The average Bonchev–Trinajstić information content (AvgIpc) is 3.37. The Morgan fingerprint density at radius 2 is 1.47 bits per heavy atom. The first kappa shape index (κ1) is 31.5. The molecule has 0 heterocycles. The van der Waals surface area contributed by atoms with E-state index in [9.17, 15) is 0 Å². The number of rotatable bonds is 1. The third-order valence-corrected chi connectivity index (χ3v) is 13.1. The van der Waals surface area contributed by atoms with Crippen molar-refractivity contribution in [2.75, 3.05) is 0 Å². The number of allylic oxidation sites excluding steroid dienone is 9. The number of hydrogen-bond donors (Lipinski definition) is 0. The molecule has 0 spiro atoms. The van der Waals surface area contributed by atoms with Crippen molar-refractivity contribution in [3.63, 3.8) is 0 Å². The van der Waals surface area contributed by atoms with E-state index >= 15 is 0 Å². The van der Waals surface area contributed by atoms with E-state index in [0.717, 1.165) is 6.42 Å². The summed E-state index contributed by atoms with van der Waals surface area (Å²) in [6.07, 6.45) is 16.5. The predicted molar refractivity (Wildman–Crippen MR) is 183 cm³/mol. The molecule has 0 N–H and O–H groups in total. The monoisotopic (exact) mass is 649 g/mol. The minimum atomic E-state index is 0.00844. The molecule has 1 aromatic rings.